The molecule has 0 aromatic heterocycles. The average molecular weight is 381 g/mol. The number of thiocarbonyl (C=S) groups is 1. The van der Waals surface area contributed by atoms with Crippen molar-refractivity contribution in [2.24, 2.45) is 5.92 Å². The molecule has 1 aromatic rings. The van der Waals surface area contributed by atoms with Gasteiger partial charge in [-0.2, -0.15) is 0 Å². The fraction of sp³-hybridized carbons (Fsp3) is 0.389. The molecule has 134 valence electrons. The first-order chi connectivity index (χ1) is 12.0. The first kappa shape index (κ1) is 19.4. The van der Waals surface area contributed by atoms with Gasteiger partial charge in [-0.05, 0) is 49.7 Å². The van der Waals surface area contributed by atoms with Gasteiger partial charge in [0.15, 0.2) is 5.11 Å². The van der Waals surface area contributed by atoms with Crippen molar-refractivity contribution >= 4 is 46.9 Å². The number of rotatable bonds is 4. The lowest BCUT2D eigenvalue weighted by molar-refractivity contribution is -0.149. The van der Waals surface area contributed by atoms with Crippen LogP contribution < -0.4 is 5.32 Å². The van der Waals surface area contributed by atoms with Crippen LogP contribution in [0.5, 0.6) is 0 Å². The zero-order valence-corrected chi connectivity index (χ0v) is 15.6. The van der Waals surface area contributed by atoms with Crippen LogP contribution in [0.2, 0.25) is 5.02 Å². The maximum Gasteiger partial charge on any atom is 0.309 e. The highest BCUT2D eigenvalue weighted by Gasteiger charge is 2.27. The van der Waals surface area contributed by atoms with E-state index in [1.54, 1.807) is 19.1 Å². The molecule has 0 saturated carbocycles. The van der Waals surface area contributed by atoms with Crippen LogP contribution in [-0.2, 0) is 14.3 Å². The first-order valence-electron chi connectivity index (χ1n) is 8.20. The van der Waals surface area contributed by atoms with E-state index in [0.717, 1.165) is 5.56 Å². The number of carbonyl (C=O) groups excluding carboxylic acids is 2. The number of benzene rings is 1. The summed E-state index contributed by atoms with van der Waals surface area (Å²) < 4.78 is 5.05. The molecule has 1 amide bonds. The summed E-state index contributed by atoms with van der Waals surface area (Å²) in [6, 6.07) is 7.26. The molecule has 25 heavy (non-hydrogen) atoms. The normalized spacial score (nSPS) is 15.2. The van der Waals surface area contributed by atoms with Gasteiger partial charge in [0.1, 0.15) is 0 Å². The summed E-state index contributed by atoms with van der Waals surface area (Å²) in [6.07, 6.45) is 4.39. The summed E-state index contributed by atoms with van der Waals surface area (Å²) in [4.78, 5) is 25.6. The molecule has 0 bridgehead atoms. The van der Waals surface area contributed by atoms with E-state index in [1.807, 2.05) is 23.1 Å². The molecule has 0 unspecified atom stereocenters. The lowest BCUT2D eigenvalue weighted by atomic mass is 9.97. The number of ether oxygens (including phenoxy) is 1. The van der Waals surface area contributed by atoms with Crippen LogP contribution >= 0.6 is 23.8 Å². The number of piperidine rings is 1. The topological polar surface area (TPSA) is 58.6 Å². The van der Waals surface area contributed by atoms with Gasteiger partial charge in [-0.1, -0.05) is 29.8 Å². The van der Waals surface area contributed by atoms with Gasteiger partial charge in [-0.15, -0.1) is 0 Å². The van der Waals surface area contributed by atoms with Crippen molar-refractivity contribution in [1.29, 1.82) is 0 Å². The second kappa shape index (κ2) is 9.53. The molecule has 1 aliphatic heterocycles. The minimum absolute atomic E-state index is 0.0881. The smallest absolute Gasteiger partial charge is 0.309 e. The number of halogens is 1. The fourth-order valence-corrected chi connectivity index (χ4v) is 3.06. The van der Waals surface area contributed by atoms with Crippen LogP contribution in [0, 0.1) is 5.92 Å². The van der Waals surface area contributed by atoms with Crippen molar-refractivity contribution in [3.8, 4) is 0 Å². The molecule has 1 aliphatic rings. The Hall–Kier alpha value is -1.92. The number of hydrogen-bond donors (Lipinski definition) is 1. The molecule has 1 aromatic carbocycles. The van der Waals surface area contributed by atoms with E-state index >= 15 is 0 Å². The molecule has 5 nitrogen and oxygen atoms in total. The maximum atomic E-state index is 12.0. The van der Waals surface area contributed by atoms with Gasteiger partial charge in [-0.25, -0.2) is 0 Å². The molecule has 0 radical (unpaired) electrons. The summed E-state index contributed by atoms with van der Waals surface area (Å²) in [5.74, 6) is -0.549. The molecule has 1 saturated heterocycles. The number of likely N-dealkylation sites (tertiary alicyclic amines) is 1. The van der Waals surface area contributed by atoms with Gasteiger partial charge in [0.05, 0.1) is 12.5 Å². The third-order valence-corrected chi connectivity index (χ3v) is 4.66. The number of carbonyl (C=O) groups is 2. The molecule has 1 fully saturated rings. The minimum Gasteiger partial charge on any atom is -0.466 e. The second-order valence-corrected chi connectivity index (χ2v) is 6.46. The summed E-state index contributed by atoms with van der Waals surface area (Å²) in [6.45, 7) is 3.44. The van der Waals surface area contributed by atoms with Crippen LogP contribution in [-0.4, -0.2) is 41.6 Å². The summed E-state index contributed by atoms with van der Waals surface area (Å²) in [7, 11) is 0. The van der Waals surface area contributed by atoms with Gasteiger partial charge in [0.2, 0.25) is 5.91 Å². The molecular weight excluding hydrogens is 360 g/mol. The second-order valence-electron chi connectivity index (χ2n) is 5.66. The Morgan fingerprint density at radius 3 is 2.68 bits per heavy atom. The molecule has 0 spiro atoms. The van der Waals surface area contributed by atoms with E-state index in [4.69, 9.17) is 28.6 Å². The van der Waals surface area contributed by atoms with Gasteiger partial charge >= 0.3 is 5.97 Å². The molecule has 1 N–H and O–H groups in total. The lowest BCUT2D eigenvalue weighted by Gasteiger charge is -2.32. The van der Waals surface area contributed by atoms with Crippen LogP contribution in [0.25, 0.3) is 6.08 Å². The fourth-order valence-electron chi connectivity index (χ4n) is 2.58. The highest BCUT2D eigenvalue weighted by atomic mass is 35.5. The third-order valence-electron chi connectivity index (χ3n) is 3.95. The molecule has 7 heteroatoms. The SMILES string of the molecule is CCOC(=O)C1CCN(C(=S)NC(=O)/C=C/c2ccccc2Cl)CC1. The predicted octanol–water partition coefficient (Wildman–Crippen LogP) is 3.03. The Labute approximate surface area is 158 Å². The molecular formula is C18H21ClN2O3S. The summed E-state index contributed by atoms with van der Waals surface area (Å²) in [5.41, 5.74) is 0.764. The lowest BCUT2D eigenvalue weighted by Crippen LogP contribution is -2.46. The number of hydrogen-bond acceptors (Lipinski definition) is 4. The zero-order chi connectivity index (χ0) is 18.2. The van der Waals surface area contributed by atoms with Gasteiger partial charge in [-0.3, -0.25) is 14.9 Å². The van der Waals surface area contributed by atoms with E-state index in [0.29, 0.717) is 42.7 Å². The monoisotopic (exact) mass is 380 g/mol. The van der Waals surface area contributed by atoms with Gasteiger partial charge in [0.25, 0.3) is 0 Å². The Morgan fingerprint density at radius 1 is 1.36 bits per heavy atom. The van der Waals surface area contributed by atoms with E-state index < -0.39 is 0 Å². The predicted molar refractivity (Wildman–Crippen MR) is 102 cm³/mol. The Bertz CT molecular complexity index is 670. The standard InChI is InChI=1S/C18H21ClN2O3S/c1-2-24-17(23)14-9-11-21(12-10-14)18(25)20-16(22)8-7-13-5-3-4-6-15(13)19/h3-8,14H,2,9-12H2,1H3,(H,20,22,25)/b8-7+. The highest BCUT2D eigenvalue weighted by Crippen LogP contribution is 2.19. The highest BCUT2D eigenvalue weighted by molar-refractivity contribution is 7.80. The van der Waals surface area contributed by atoms with E-state index in [2.05, 4.69) is 5.32 Å². The first-order valence-corrected chi connectivity index (χ1v) is 8.99. The van der Waals surface area contributed by atoms with Crippen LogP contribution in [0.4, 0.5) is 0 Å². The van der Waals surface area contributed by atoms with Crippen molar-refractivity contribution in [1.82, 2.24) is 10.2 Å². The van der Waals surface area contributed by atoms with E-state index in [9.17, 15) is 9.59 Å². The number of nitrogens with one attached hydrogen (secondary N) is 1. The third kappa shape index (κ3) is 5.83. The van der Waals surface area contributed by atoms with Crippen molar-refractivity contribution in [2.75, 3.05) is 19.7 Å². The van der Waals surface area contributed by atoms with Gasteiger partial charge in [0, 0.05) is 24.2 Å². The summed E-state index contributed by atoms with van der Waals surface area (Å²) >= 11 is 11.3. The Balaban J connectivity index is 1.81. The van der Waals surface area contributed by atoms with E-state index in [-0.39, 0.29) is 17.8 Å². The Morgan fingerprint density at radius 2 is 2.04 bits per heavy atom. The number of amides is 1. The van der Waals surface area contributed by atoms with Crippen molar-refractivity contribution < 1.29 is 14.3 Å². The van der Waals surface area contributed by atoms with Gasteiger partial charge < -0.3 is 9.64 Å². The van der Waals surface area contributed by atoms with E-state index in [1.165, 1.54) is 6.08 Å². The summed E-state index contributed by atoms with van der Waals surface area (Å²) in [5, 5.41) is 3.63. The van der Waals surface area contributed by atoms with Crippen LogP contribution in [0.3, 0.4) is 0 Å². The number of nitrogens with zero attached hydrogens (tertiary/aromatic N) is 1. The van der Waals surface area contributed by atoms with Crippen molar-refractivity contribution in [2.45, 2.75) is 19.8 Å². The number of esters is 1. The molecule has 2 rings (SSSR count). The minimum atomic E-state index is -0.308. The Kier molecular flexibility index (Phi) is 7.40. The van der Waals surface area contributed by atoms with Crippen molar-refractivity contribution in [3.63, 3.8) is 0 Å². The quantitative estimate of drug-likeness (QED) is 0.494. The zero-order valence-electron chi connectivity index (χ0n) is 14.0. The molecule has 1 heterocycles. The van der Waals surface area contributed by atoms with Crippen molar-refractivity contribution in [3.05, 3.63) is 40.9 Å². The van der Waals surface area contributed by atoms with Crippen LogP contribution in [0.1, 0.15) is 25.3 Å². The maximum absolute atomic E-state index is 12.0. The largest absolute Gasteiger partial charge is 0.466 e. The van der Waals surface area contributed by atoms with Crippen LogP contribution in [0.15, 0.2) is 30.3 Å². The molecule has 0 aliphatic carbocycles. The average Bonchev–Trinajstić information content (AvgIpc) is 2.61. The molecule has 0 atom stereocenters.